The van der Waals surface area contributed by atoms with E-state index in [1.807, 2.05) is 0 Å². The number of rotatable bonds is 0. The van der Waals surface area contributed by atoms with Crippen LogP contribution in [0.15, 0.2) is 6.07 Å². The van der Waals surface area contributed by atoms with E-state index >= 15 is 0 Å². The van der Waals surface area contributed by atoms with Crippen molar-refractivity contribution in [3.05, 3.63) is 27.9 Å². The average Bonchev–Trinajstić information content (AvgIpc) is 2.44. The Labute approximate surface area is 116 Å². The topological polar surface area (TPSA) is 26.3 Å². The highest BCUT2D eigenvalue weighted by molar-refractivity contribution is 14.1. The molecule has 5 heteroatoms. The van der Waals surface area contributed by atoms with E-state index in [1.165, 1.54) is 0 Å². The molecule has 0 fully saturated rings. The van der Waals surface area contributed by atoms with Gasteiger partial charge in [0.15, 0.2) is 0 Å². The maximum atomic E-state index is 11.4. The van der Waals surface area contributed by atoms with Gasteiger partial charge in [0.1, 0.15) is 6.61 Å². The van der Waals surface area contributed by atoms with Crippen LogP contribution < -0.4 is 0 Å². The Morgan fingerprint density at radius 3 is 2.62 bits per heavy atom. The van der Waals surface area contributed by atoms with Crippen molar-refractivity contribution in [2.45, 2.75) is 6.61 Å². The van der Waals surface area contributed by atoms with E-state index < -0.39 is 0 Å². The van der Waals surface area contributed by atoms with Crippen LogP contribution in [0.3, 0.4) is 0 Å². The Kier molecular flexibility index (Phi) is 3.04. The lowest BCUT2D eigenvalue weighted by Gasteiger charge is -2.03. The summed E-state index contributed by atoms with van der Waals surface area (Å²) in [6.45, 7) is 0.430. The molecule has 0 unspecified atom stereocenters. The van der Waals surface area contributed by atoms with Crippen molar-refractivity contribution >= 4 is 73.7 Å². The van der Waals surface area contributed by atoms with Crippen molar-refractivity contribution in [2.24, 2.45) is 0 Å². The summed E-state index contributed by atoms with van der Waals surface area (Å²) in [5, 5.41) is 0. The van der Waals surface area contributed by atoms with E-state index in [0.717, 1.165) is 21.8 Å². The number of benzene rings is 1. The van der Waals surface area contributed by atoms with Crippen LogP contribution in [0.2, 0.25) is 0 Å². The molecule has 0 bridgehead atoms. The molecule has 68 valence electrons. The summed E-state index contributed by atoms with van der Waals surface area (Å²) in [5.41, 5.74) is 1.80. The van der Waals surface area contributed by atoms with Crippen LogP contribution in [0.1, 0.15) is 15.9 Å². The quantitative estimate of drug-likeness (QED) is 0.304. The van der Waals surface area contributed by atoms with Crippen LogP contribution in [0, 0.1) is 10.7 Å². The first-order valence-electron chi connectivity index (χ1n) is 3.44. The van der Waals surface area contributed by atoms with Crippen LogP contribution in [-0.2, 0) is 11.3 Å². The lowest BCUT2D eigenvalue weighted by Crippen LogP contribution is -2.00. The molecule has 1 aliphatic rings. The number of halogens is 3. The third-order valence-electron chi connectivity index (χ3n) is 1.82. The molecule has 1 heterocycles. The number of carbonyl (C=O) groups is 1. The highest BCUT2D eigenvalue weighted by Crippen LogP contribution is 2.32. The van der Waals surface area contributed by atoms with Crippen LogP contribution in [0.5, 0.6) is 0 Å². The Balaban J connectivity index is 2.77. The highest BCUT2D eigenvalue weighted by atomic mass is 127. The van der Waals surface area contributed by atoms with Crippen LogP contribution >= 0.6 is 67.8 Å². The molecular weight excluding hydrogens is 509 g/mol. The Morgan fingerprint density at radius 1 is 1.23 bits per heavy atom. The maximum absolute atomic E-state index is 11.4. The summed E-state index contributed by atoms with van der Waals surface area (Å²) in [6, 6.07) is 2.07. The Bertz CT molecular complexity index is 401. The lowest BCUT2D eigenvalue weighted by molar-refractivity contribution is 0.0534. The zero-order valence-electron chi connectivity index (χ0n) is 6.23. The van der Waals surface area contributed by atoms with Crippen molar-refractivity contribution in [2.75, 3.05) is 0 Å². The van der Waals surface area contributed by atoms with Gasteiger partial charge in [0.05, 0.1) is 5.56 Å². The standard InChI is InChI=1S/C8H3I3O2/c9-4-1-5(10)7(11)6-3(4)2-13-8(6)12/h1H,2H2. The lowest BCUT2D eigenvalue weighted by atomic mass is 10.1. The summed E-state index contributed by atoms with van der Waals surface area (Å²) in [7, 11) is 0. The van der Waals surface area contributed by atoms with Crippen molar-refractivity contribution in [1.29, 1.82) is 0 Å². The molecule has 0 radical (unpaired) electrons. The molecule has 0 N–H and O–H groups in total. The van der Waals surface area contributed by atoms with Gasteiger partial charge in [0.25, 0.3) is 0 Å². The fourth-order valence-corrected chi connectivity index (χ4v) is 3.81. The number of carbonyl (C=O) groups excluding carboxylic acids is 1. The summed E-state index contributed by atoms with van der Waals surface area (Å²) in [4.78, 5) is 11.4. The van der Waals surface area contributed by atoms with Crippen LogP contribution in [0.4, 0.5) is 0 Å². The minimum absolute atomic E-state index is 0.184. The fraction of sp³-hybridized carbons (Fsp3) is 0.125. The first-order chi connectivity index (χ1) is 6.11. The normalized spacial score (nSPS) is 14.2. The number of ether oxygens (including phenoxy) is 1. The molecule has 1 aromatic rings. The molecule has 0 saturated carbocycles. The first-order valence-corrected chi connectivity index (χ1v) is 6.68. The van der Waals surface area contributed by atoms with Gasteiger partial charge in [-0.2, -0.15) is 0 Å². The third kappa shape index (κ3) is 1.71. The summed E-state index contributed by atoms with van der Waals surface area (Å²) < 4.78 is 8.22. The number of hydrogen-bond acceptors (Lipinski definition) is 2. The third-order valence-corrected chi connectivity index (χ3v) is 5.79. The summed E-state index contributed by atoms with van der Waals surface area (Å²) >= 11 is 6.66. The second kappa shape index (κ2) is 3.80. The van der Waals surface area contributed by atoms with E-state index in [9.17, 15) is 4.79 Å². The van der Waals surface area contributed by atoms with E-state index in [4.69, 9.17) is 4.74 Å². The first kappa shape index (κ1) is 10.4. The minimum Gasteiger partial charge on any atom is -0.457 e. The van der Waals surface area contributed by atoms with Gasteiger partial charge in [0, 0.05) is 16.3 Å². The SMILES string of the molecule is O=C1OCc2c(I)cc(I)c(I)c21. The predicted molar refractivity (Wildman–Crippen MR) is 73.7 cm³/mol. The molecule has 13 heavy (non-hydrogen) atoms. The Morgan fingerprint density at radius 2 is 1.92 bits per heavy atom. The van der Waals surface area contributed by atoms with E-state index in [0.29, 0.717) is 6.61 Å². The van der Waals surface area contributed by atoms with Gasteiger partial charge in [-0.1, -0.05) is 0 Å². The molecule has 0 amide bonds. The predicted octanol–water partition coefficient (Wildman–Crippen LogP) is 3.17. The molecule has 0 aromatic heterocycles. The minimum atomic E-state index is -0.184. The van der Waals surface area contributed by atoms with Gasteiger partial charge in [-0.3, -0.25) is 0 Å². The number of esters is 1. The van der Waals surface area contributed by atoms with Gasteiger partial charge >= 0.3 is 5.97 Å². The summed E-state index contributed by atoms with van der Waals surface area (Å²) in [5.74, 6) is -0.184. The van der Waals surface area contributed by atoms with E-state index in [-0.39, 0.29) is 5.97 Å². The molecule has 0 atom stereocenters. The second-order valence-corrected chi connectivity index (χ2v) is 5.99. The van der Waals surface area contributed by atoms with E-state index in [1.54, 1.807) is 0 Å². The monoisotopic (exact) mass is 512 g/mol. The molecule has 1 aromatic carbocycles. The second-order valence-electron chi connectivity index (χ2n) is 2.58. The fourth-order valence-electron chi connectivity index (χ4n) is 1.20. The Hall–Kier alpha value is 0.880. The van der Waals surface area contributed by atoms with Gasteiger partial charge in [-0.05, 0) is 73.8 Å². The maximum Gasteiger partial charge on any atom is 0.340 e. The molecule has 0 spiro atoms. The van der Waals surface area contributed by atoms with Crippen molar-refractivity contribution in [3.8, 4) is 0 Å². The molecule has 0 aliphatic carbocycles. The largest absolute Gasteiger partial charge is 0.457 e. The van der Waals surface area contributed by atoms with Crippen molar-refractivity contribution < 1.29 is 9.53 Å². The molecule has 1 aliphatic heterocycles. The average molecular weight is 512 g/mol. The summed E-state index contributed by atoms with van der Waals surface area (Å²) in [6.07, 6.45) is 0. The van der Waals surface area contributed by atoms with Gasteiger partial charge in [0.2, 0.25) is 0 Å². The van der Waals surface area contributed by atoms with Gasteiger partial charge in [-0.15, -0.1) is 0 Å². The number of cyclic esters (lactones) is 1. The molecule has 2 rings (SSSR count). The number of fused-ring (bicyclic) bond motifs is 1. The number of hydrogen-bond donors (Lipinski definition) is 0. The van der Waals surface area contributed by atoms with Crippen LogP contribution in [0.25, 0.3) is 0 Å². The molecule has 0 saturated heterocycles. The van der Waals surface area contributed by atoms with Crippen LogP contribution in [-0.4, -0.2) is 5.97 Å². The van der Waals surface area contributed by atoms with Crippen molar-refractivity contribution in [1.82, 2.24) is 0 Å². The zero-order chi connectivity index (χ0) is 9.59. The smallest absolute Gasteiger partial charge is 0.340 e. The highest BCUT2D eigenvalue weighted by Gasteiger charge is 2.27. The zero-order valence-corrected chi connectivity index (χ0v) is 12.7. The molecule has 2 nitrogen and oxygen atoms in total. The molecular formula is C8H3I3O2. The van der Waals surface area contributed by atoms with Crippen molar-refractivity contribution in [3.63, 3.8) is 0 Å². The van der Waals surface area contributed by atoms with E-state index in [2.05, 4.69) is 73.8 Å². The van der Waals surface area contributed by atoms with Gasteiger partial charge in [-0.25, -0.2) is 4.79 Å². The van der Waals surface area contributed by atoms with Gasteiger partial charge < -0.3 is 4.74 Å².